The molecule has 1 saturated heterocycles. The number of nitrogens with one attached hydrogen (secondary N) is 1. The zero-order valence-electron chi connectivity index (χ0n) is 19.1. The zero-order valence-corrected chi connectivity index (χ0v) is 19.1. The molecule has 0 bridgehead atoms. The van der Waals surface area contributed by atoms with Crippen molar-refractivity contribution >= 4 is 23.7 Å². The number of aliphatic carboxylic acids is 1. The predicted octanol–water partition coefficient (Wildman–Crippen LogP) is 5.13. The molecule has 3 aromatic carbocycles. The summed E-state index contributed by atoms with van der Waals surface area (Å²) in [7, 11) is 0. The summed E-state index contributed by atoms with van der Waals surface area (Å²) < 4.78 is 5.61. The Kier molecular flexibility index (Phi) is 6.23. The van der Waals surface area contributed by atoms with Crippen LogP contribution in [0, 0.1) is 0 Å². The number of carboxylic acid groups (broad SMARTS) is 1. The Morgan fingerprint density at radius 2 is 1.51 bits per heavy atom. The zero-order chi connectivity index (χ0) is 24.4. The smallest absolute Gasteiger partial charge is 0.411 e. The summed E-state index contributed by atoms with van der Waals surface area (Å²) in [6.45, 7) is 0.526. The van der Waals surface area contributed by atoms with Gasteiger partial charge in [0.05, 0.1) is 11.3 Å². The molecule has 5 rings (SSSR count). The highest BCUT2D eigenvalue weighted by molar-refractivity contribution is 6.04. The quantitative estimate of drug-likeness (QED) is 0.539. The van der Waals surface area contributed by atoms with Crippen LogP contribution in [0.4, 0.5) is 10.5 Å². The third-order valence-electron chi connectivity index (χ3n) is 6.79. The van der Waals surface area contributed by atoms with Gasteiger partial charge < -0.3 is 14.7 Å². The van der Waals surface area contributed by atoms with Gasteiger partial charge in [-0.05, 0) is 53.6 Å². The molecule has 1 aliphatic heterocycles. The maximum atomic E-state index is 13.2. The minimum Gasteiger partial charge on any atom is -0.480 e. The number of carboxylic acids is 1. The first kappa shape index (κ1) is 22.7. The van der Waals surface area contributed by atoms with Crippen LogP contribution in [0.3, 0.4) is 0 Å². The van der Waals surface area contributed by atoms with Crippen molar-refractivity contribution in [1.29, 1.82) is 0 Å². The van der Waals surface area contributed by atoms with Crippen molar-refractivity contribution in [2.24, 2.45) is 0 Å². The van der Waals surface area contributed by atoms with E-state index in [1.807, 2.05) is 36.4 Å². The summed E-state index contributed by atoms with van der Waals surface area (Å²) in [6, 6.07) is 21.9. The van der Waals surface area contributed by atoms with Crippen LogP contribution in [-0.4, -0.2) is 47.2 Å². The van der Waals surface area contributed by atoms with Crippen molar-refractivity contribution in [2.45, 2.75) is 31.2 Å². The van der Waals surface area contributed by atoms with Gasteiger partial charge in [0.1, 0.15) is 12.6 Å². The number of benzene rings is 3. The monoisotopic (exact) mass is 470 g/mol. The van der Waals surface area contributed by atoms with Crippen LogP contribution in [0.15, 0.2) is 72.8 Å². The van der Waals surface area contributed by atoms with Crippen molar-refractivity contribution < 1.29 is 24.2 Å². The number of para-hydroxylation sites is 1. The Bertz CT molecular complexity index is 1240. The molecule has 7 heteroatoms. The summed E-state index contributed by atoms with van der Waals surface area (Å²) in [5.41, 5.74) is 5.05. The summed E-state index contributed by atoms with van der Waals surface area (Å²) in [5.74, 6) is -1.50. The second-order valence-corrected chi connectivity index (χ2v) is 8.84. The molecular weight excluding hydrogens is 444 g/mol. The van der Waals surface area contributed by atoms with E-state index < -0.39 is 24.0 Å². The molecular formula is C28H26N2O5. The lowest BCUT2D eigenvalue weighted by molar-refractivity contribution is -0.143. The number of piperidine rings is 1. The number of carbonyl (C=O) groups excluding carboxylic acids is 2. The first-order valence-electron chi connectivity index (χ1n) is 11.8. The maximum absolute atomic E-state index is 13.2. The second kappa shape index (κ2) is 9.62. The number of nitrogens with zero attached hydrogens (tertiary/aromatic N) is 1. The highest BCUT2D eigenvalue weighted by Gasteiger charge is 2.34. The fourth-order valence-electron chi connectivity index (χ4n) is 5.11. The highest BCUT2D eigenvalue weighted by atomic mass is 16.5. The van der Waals surface area contributed by atoms with Crippen LogP contribution in [0.25, 0.3) is 11.1 Å². The van der Waals surface area contributed by atoms with Gasteiger partial charge >= 0.3 is 12.1 Å². The number of amides is 2. The number of hydrogen-bond acceptors (Lipinski definition) is 4. The van der Waals surface area contributed by atoms with E-state index >= 15 is 0 Å². The first-order chi connectivity index (χ1) is 17.0. The van der Waals surface area contributed by atoms with Gasteiger partial charge in [0.25, 0.3) is 5.91 Å². The van der Waals surface area contributed by atoms with Crippen molar-refractivity contribution in [3.8, 4) is 11.1 Å². The average molecular weight is 471 g/mol. The molecule has 1 fully saturated rings. The Hall–Kier alpha value is -4.13. The van der Waals surface area contributed by atoms with Gasteiger partial charge in [-0.25, -0.2) is 9.59 Å². The third kappa shape index (κ3) is 4.37. The molecule has 35 heavy (non-hydrogen) atoms. The Balaban J connectivity index is 1.30. The van der Waals surface area contributed by atoms with E-state index in [1.165, 1.54) is 4.90 Å². The molecule has 0 spiro atoms. The Morgan fingerprint density at radius 1 is 0.886 bits per heavy atom. The second-order valence-electron chi connectivity index (χ2n) is 8.84. The fourth-order valence-corrected chi connectivity index (χ4v) is 5.11. The number of likely N-dealkylation sites (tertiary alicyclic amines) is 1. The minimum atomic E-state index is -1.01. The lowest BCUT2D eigenvalue weighted by Crippen LogP contribution is -2.48. The van der Waals surface area contributed by atoms with E-state index in [0.717, 1.165) is 35.1 Å². The maximum Gasteiger partial charge on any atom is 0.411 e. The number of carbonyl (C=O) groups is 3. The van der Waals surface area contributed by atoms with Gasteiger partial charge in [-0.15, -0.1) is 0 Å². The van der Waals surface area contributed by atoms with Crippen LogP contribution < -0.4 is 5.32 Å². The van der Waals surface area contributed by atoms with E-state index in [1.54, 1.807) is 24.3 Å². The number of hydrogen-bond donors (Lipinski definition) is 2. The number of anilines is 1. The lowest BCUT2D eigenvalue weighted by atomic mass is 9.98. The highest BCUT2D eigenvalue weighted by Crippen LogP contribution is 2.44. The van der Waals surface area contributed by atoms with Gasteiger partial charge in [-0.1, -0.05) is 60.7 Å². The number of ether oxygens (including phenoxy) is 1. The normalized spacial score (nSPS) is 16.8. The van der Waals surface area contributed by atoms with E-state index in [4.69, 9.17) is 4.74 Å². The molecule has 178 valence electrons. The Morgan fingerprint density at radius 3 is 2.20 bits per heavy atom. The van der Waals surface area contributed by atoms with Gasteiger partial charge in [-0.2, -0.15) is 0 Å². The van der Waals surface area contributed by atoms with Crippen LogP contribution >= 0.6 is 0 Å². The topological polar surface area (TPSA) is 95.9 Å². The molecule has 2 aliphatic rings. The third-order valence-corrected chi connectivity index (χ3v) is 6.79. The molecule has 1 unspecified atom stereocenters. The molecule has 0 aromatic heterocycles. The van der Waals surface area contributed by atoms with Crippen LogP contribution in [0.2, 0.25) is 0 Å². The van der Waals surface area contributed by atoms with Crippen LogP contribution in [-0.2, 0) is 9.53 Å². The molecule has 1 aliphatic carbocycles. The SMILES string of the molecule is O=C(Nc1ccccc1C(=O)N1CCCCC1C(=O)O)OCC1c2ccccc2-c2ccccc21. The van der Waals surface area contributed by atoms with Gasteiger partial charge in [0.15, 0.2) is 0 Å². The van der Waals surface area contributed by atoms with Crippen LogP contribution in [0.1, 0.15) is 46.7 Å². The molecule has 7 nitrogen and oxygen atoms in total. The van der Waals surface area contributed by atoms with Gasteiger partial charge in [-0.3, -0.25) is 10.1 Å². The first-order valence-corrected chi connectivity index (χ1v) is 11.8. The van der Waals surface area contributed by atoms with E-state index in [-0.39, 0.29) is 18.1 Å². The molecule has 0 saturated carbocycles. The summed E-state index contributed by atoms with van der Waals surface area (Å²) >= 11 is 0. The lowest BCUT2D eigenvalue weighted by Gasteiger charge is -2.33. The van der Waals surface area contributed by atoms with Crippen molar-refractivity contribution in [3.05, 3.63) is 89.5 Å². The molecule has 2 N–H and O–H groups in total. The van der Waals surface area contributed by atoms with E-state index in [0.29, 0.717) is 18.7 Å². The van der Waals surface area contributed by atoms with Crippen molar-refractivity contribution in [2.75, 3.05) is 18.5 Å². The average Bonchev–Trinajstić information content (AvgIpc) is 3.21. The largest absolute Gasteiger partial charge is 0.480 e. The van der Waals surface area contributed by atoms with Gasteiger partial charge in [0.2, 0.25) is 0 Å². The van der Waals surface area contributed by atoms with Gasteiger partial charge in [0, 0.05) is 12.5 Å². The van der Waals surface area contributed by atoms with E-state index in [9.17, 15) is 19.5 Å². The predicted molar refractivity (Wildman–Crippen MR) is 131 cm³/mol. The molecule has 0 radical (unpaired) electrons. The molecule has 2 amide bonds. The summed E-state index contributed by atoms with van der Waals surface area (Å²) in [4.78, 5) is 39.0. The van der Waals surface area contributed by atoms with Crippen LogP contribution in [0.5, 0.6) is 0 Å². The number of rotatable bonds is 5. The number of fused-ring (bicyclic) bond motifs is 3. The standard InChI is InChI=1S/C28H26N2O5/c31-26(30-16-8-7-15-25(30)27(32)33)22-13-5-6-14-24(22)29-28(34)35-17-23-20-11-3-1-9-18(20)19-10-2-4-12-21(19)23/h1-6,9-14,23,25H,7-8,15-17H2,(H,29,34)(H,32,33). The van der Waals surface area contributed by atoms with E-state index in [2.05, 4.69) is 17.4 Å². The molecule has 1 atom stereocenters. The van der Waals surface area contributed by atoms with Crippen molar-refractivity contribution in [3.63, 3.8) is 0 Å². The Labute approximate surface area is 203 Å². The van der Waals surface area contributed by atoms with Crippen molar-refractivity contribution in [1.82, 2.24) is 4.90 Å². The summed E-state index contributed by atoms with van der Waals surface area (Å²) in [6.07, 6.45) is 1.27. The molecule has 1 heterocycles. The minimum absolute atomic E-state index is 0.0744. The summed E-state index contributed by atoms with van der Waals surface area (Å²) in [5, 5.41) is 12.2. The fraction of sp³-hybridized carbons (Fsp3) is 0.250. The molecule has 3 aromatic rings.